The van der Waals surface area contributed by atoms with Gasteiger partial charge in [0.05, 0.1) is 6.04 Å². The van der Waals surface area contributed by atoms with Crippen molar-refractivity contribution >= 4 is 21.7 Å². The molecule has 2 rings (SSSR count). The van der Waals surface area contributed by atoms with Crippen LogP contribution in [0.1, 0.15) is 23.2 Å². The number of halogens is 1. The van der Waals surface area contributed by atoms with Gasteiger partial charge >= 0.3 is 0 Å². The molecule has 3 heteroatoms. The van der Waals surface area contributed by atoms with Crippen LogP contribution in [0.5, 0.6) is 0 Å². The smallest absolute Gasteiger partial charge is 0.180 e. The zero-order chi connectivity index (χ0) is 9.97. The standard InChI is InChI=1S/C11H12BrNO/c12-9-5-2-1-4-8(9)11(14)10-6-3-7-13-10/h1-2,4-5,10,13H,3,6-7H2. The summed E-state index contributed by atoms with van der Waals surface area (Å²) in [5.41, 5.74) is 0.784. The minimum absolute atomic E-state index is 0.0219. The fourth-order valence-corrected chi connectivity index (χ4v) is 2.24. The van der Waals surface area contributed by atoms with Crippen molar-refractivity contribution < 1.29 is 4.79 Å². The molecule has 0 saturated carbocycles. The third-order valence-corrected chi connectivity index (χ3v) is 3.21. The number of rotatable bonds is 2. The molecule has 0 spiro atoms. The molecule has 1 unspecified atom stereocenters. The zero-order valence-corrected chi connectivity index (χ0v) is 9.38. The molecule has 1 fully saturated rings. The van der Waals surface area contributed by atoms with Crippen LogP contribution in [-0.4, -0.2) is 18.4 Å². The van der Waals surface area contributed by atoms with Crippen LogP contribution in [0.2, 0.25) is 0 Å². The van der Waals surface area contributed by atoms with Gasteiger partial charge < -0.3 is 5.32 Å². The van der Waals surface area contributed by atoms with Crippen molar-refractivity contribution in [3.05, 3.63) is 34.3 Å². The number of carbonyl (C=O) groups excluding carboxylic acids is 1. The molecule has 0 aromatic heterocycles. The topological polar surface area (TPSA) is 29.1 Å². The highest BCUT2D eigenvalue weighted by Gasteiger charge is 2.24. The van der Waals surface area contributed by atoms with Crippen molar-refractivity contribution in [2.75, 3.05) is 6.54 Å². The first-order chi connectivity index (χ1) is 6.79. The number of Topliss-reactive ketones (excluding diaryl/α,β-unsaturated/α-hetero) is 1. The van der Waals surface area contributed by atoms with Gasteiger partial charge in [0, 0.05) is 10.0 Å². The second-order valence-corrected chi connectivity index (χ2v) is 4.35. The Balaban J connectivity index is 2.22. The van der Waals surface area contributed by atoms with Crippen LogP contribution in [-0.2, 0) is 0 Å². The summed E-state index contributed by atoms with van der Waals surface area (Å²) in [5.74, 6) is 0.204. The molecule has 14 heavy (non-hydrogen) atoms. The quantitative estimate of drug-likeness (QED) is 0.821. The van der Waals surface area contributed by atoms with E-state index in [9.17, 15) is 4.79 Å². The number of hydrogen-bond acceptors (Lipinski definition) is 2. The van der Waals surface area contributed by atoms with Crippen LogP contribution in [0.4, 0.5) is 0 Å². The first-order valence-electron chi connectivity index (χ1n) is 4.81. The van der Waals surface area contributed by atoms with Gasteiger partial charge in [-0.05, 0) is 25.5 Å². The summed E-state index contributed by atoms with van der Waals surface area (Å²) in [5, 5.41) is 3.21. The lowest BCUT2D eigenvalue weighted by molar-refractivity contribution is 0.0951. The average Bonchev–Trinajstić information content (AvgIpc) is 2.70. The molecule has 1 saturated heterocycles. The van der Waals surface area contributed by atoms with E-state index in [4.69, 9.17) is 0 Å². The number of carbonyl (C=O) groups is 1. The summed E-state index contributed by atoms with van der Waals surface area (Å²) in [6.07, 6.45) is 2.06. The van der Waals surface area contributed by atoms with Crippen LogP contribution in [0.3, 0.4) is 0 Å². The molecular formula is C11H12BrNO. The Labute approximate surface area is 91.8 Å². The highest BCUT2D eigenvalue weighted by Crippen LogP contribution is 2.20. The Morgan fingerprint density at radius 3 is 2.86 bits per heavy atom. The number of ketones is 1. The van der Waals surface area contributed by atoms with Gasteiger partial charge in [-0.3, -0.25) is 4.79 Å². The van der Waals surface area contributed by atoms with Gasteiger partial charge in [0.25, 0.3) is 0 Å². The van der Waals surface area contributed by atoms with Crippen molar-refractivity contribution in [1.29, 1.82) is 0 Å². The average molecular weight is 254 g/mol. The second kappa shape index (κ2) is 4.24. The van der Waals surface area contributed by atoms with Crippen molar-refractivity contribution in [2.24, 2.45) is 0 Å². The maximum absolute atomic E-state index is 12.0. The van der Waals surface area contributed by atoms with E-state index in [0.29, 0.717) is 0 Å². The van der Waals surface area contributed by atoms with E-state index in [-0.39, 0.29) is 11.8 Å². The molecule has 0 aliphatic carbocycles. The van der Waals surface area contributed by atoms with Crippen molar-refractivity contribution in [1.82, 2.24) is 5.32 Å². The molecule has 1 heterocycles. The molecule has 1 aliphatic rings. The fourth-order valence-electron chi connectivity index (χ4n) is 1.76. The molecule has 74 valence electrons. The second-order valence-electron chi connectivity index (χ2n) is 3.49. The van der Waals surface area contributed by atoms with Crippen molar-refractivity contribution in [3.8, 4) is 0 Å². The molecule has 0 radical (unpaired) electrons. The molecule has 1 aromatic carbocycles. The van der Waals surface area contributed by atoms with Gasteiger partial charge in [-0.15, -0.1) is 0 Å². The maximum atomic E-state index is 12.0. The summed E-state index contributed by atoms with van der Waals surface area (Å²) in [4.78, 5) is 12.0. The van der Waals surface area contributed by atoms with Gasteiger partial charge in [0.1, 0.15) is 0 Å². The minimum Gasteiger partial charge on any atom is -0.307 e. The van der Waals surface area contributed by atoms with E-state index in [1.54, 1.807) is 0 Å². The number of benzene rings is 1. The van der Waals surface area contributed by atoms with Gasteiger partial charge in [-0.2, -0.15) is 0 Å². The summed E-state index contributed by atoms with van der Waals surface area (Å²) in [7, 11) is 0. The Bertz CT molecular complexity index is 345. The van der Waals surface area contributed by atoms with E-state index in [1.165, 1.54) is 0 Å². The summed E-state index contributed by atoms with van der Waals surface area (Å²) in [6, 6.07) is 7.61. The van der Waals surface area contributed by atoms with E-state index >= 15 is 0 Å². The van der Waals surface area contributed by atoms with Crippen LogP contribution in [0.25, 0.3) is 0 Å². The number of nitrogens with one attached hydrogen (secondary N) is 1. The van der Waals surface area contributed by atoms with Crippen LogP contribution in [0.15, 0.2) is 28.7 Å². The highest BCUT2D eigenvalue weighted by atomic mass is 79.9. The van der Waals surface area contributed by atoms with Gasteiger partial charge in [0.15, 0.2) is 5.78 Å². The van der Waals surface area contributed by atoms with Gasteiger partial charge in [-0.25, -0.2) is 0 Å². The molecular weight excluding hydrogens is 242 g/mol. The van der Waals surface area contributed by atoms with Gasteiger partial charge in [0.2, 0.25) is 0 Å². The summed E-state index contributed by atoms with van der Waals surface area (Å²) in [6.45, 7) is 0.959. The first-order valence-corrected chi connectivity index (χ1v) is 5.60. The fraction of sp³-hybridized carbons (Fsp3) is 0.364. The Kier molecular flexibility index (Phi) is 2.99. The van der Waals surface area contributed by atoms with E-state index < -0.39 is 0 Å². The Hall–Kier alpha value is -0.670. The molecule has 1 N–H and O–H groups in total. The van der Waals surface area contributed by atoms with E-state index in [0.717, 1.165) is 29.4 Å². The first kappa shape index (κ1) is 9.87. The lowest BCUT2D eigenvalue weighted by Crippen LogP contribution is -2.30. The monoisotopic (exact) mass is 253 g/mol. The van der Waals surface area contributed by atoms with Crippen molar-refractivity contribution in [2.45, 2.75) is 18.9 Å². The Morgan fingerprint density at radius 1 is 1.43 bits per heavy atom. The van der Waals surface area contributed by atoms with Crippen LogP contribution >= 0.6 is 15.9 Å². The normalized spacial score (nSPS) is 21.1. The Morgan fingerprint density at radius 2 is 2.21 bits per heavy atom. The van der Waals surface area contributed by atoms with E-state index in [1.807, 2.05) is 24.3 Å². The third-order valence-electron chi connectivity index (χ3n) is 2.52. The molecule has 0 bridgehead atoms. The van der Waals surface area contributed by atoms with E-state index in [2.05, 4.69) is 21.2 Å². The SMILES string of the molecule is O=C(c1ccccc1Br)C1CCCN1. The molecule has 0 amide bonds. The zero-order valence-electron chi connectivity index (χ0n) is 7.79. The highest BCUT2D eigenvalue weighted by molar-refractivity contribution is 9.10. The third kappa shape index (κ3) is 1.88. The molecule has 1 atom stereocenters. The molecule has 1 aromatic rings. The molecule has 2 nitrogen and oxygen atoms in total. The summed E-state index contributed by atoms with van der Waals surface area (Å²) >= 11 is 3.40. The predicted octanol–water partition coefficient (Wildman–Crippen LogP) is 2.38. The predicted molar refractivity (Wildman–Crippen MR) is 59.5 cm³/mol. The number of hydrogen-bond donors (Lipinski definition) is 1. The summed E-state index contributed by atoms with van der Waals surface area (Å²) < 4.78 is 0.888. The van der Waals surface area contributed by atoms with Crippen molar-refractivity contribution in [3.63, 3.8) is 0 Å². The lowest BCUT2D eigenvalue weighted by Gasteiger charge is -2.09. The minimum atomic E-state index is 0.0219. The van der Waals surface area contributed by atoms with Crippen LogP contribution < -0.4 is 5.32 Å². The largest absolute Gasteiger partial charge is 0.307 e. The van der Waals surface area contributed by atoms with Gasteiger partial charge in [-0.1, -0.05) is 34.1 Å². The maximum Gasteiger partial charge on any atom is 0.180 e. The van der Waals surface area contributed by atoms with Crippen LogP contribution in [0, 0.1) is 0 Å². The lowest BCUT2D eigenvalue weighted by atomic mass is 10.0. The molecule has 1 aliphatic heterocycles.